The van der Waals surface area contributed by atoms with Crippen LogP contribution < -0.4 is 10.2 Å². The van der Waals surface area contributed by atoms with Crippen LogP contribution in [0.1, 0.15) is 12.5 Å². The molecule has 0 spiro atoms. The van der Waals surface area contributed by atoms with Gasteiger partial charge in [0.1, 0.15) is 5.25 Å². The molecule has 2 atom stereocenters. The predicted molar refractivity (Wildman–Crippen MR) is 135 cm³/mol. The number of benzene rings is 2. The van der Waals surface area contributed by atoms with Crippen LogP contribution in [0, 0.1) is 0 Å². The molecule has 172 valence electrons. The zero-order valence-corrected chi connectivity index (χ0v) is 19.8. The van der Waals surface area contributed by atoms with E-state index in [1.165, 1.54) is 23.6 Å². The van der Waals surface area contributed by atoms with Crippen LogP contribution in [-0.2, 0) is 9.59 Å². The first-order chi connectivity index (χ1) is 16.5. The molecule has 1 aromatic heterocycles. The van der Waals surface area contributed by atoms with Gasteiger partial charge in [0, 0.05) is 52.5 Å². The van der Waals surface area contributed by atoms with Crippen LogP contribution in [0.3, 0.4) is 0 Å². The van der Waals surface area contributed by atoms with Crippen LogP contribution in [0.15, 0.2) is 67.0 Å². The van der Waals surface area contributed by atoms with Crippen LogP contribution in [0.5, 0.6) is 0 Å². The Hall–Kier alpha value is -3.36. The van der Waals surface area contributed by atoms with Gasteiger partial charge in [0.05, 0.1) is 17.9 Å². The lowest BCUT2D eigenvalue weighted by Crippen LogP contribution is -2.63. The van der Waals surface area contributed by atoms with Gasteiger partial charge in [-0.05, 0) is 12.1 Å². The van der Waals surface area contributed by atoms with Crippen molar-refractivity contribution in [3.63, 3.8) is 0 Å². The fourth-order valence-electron chi connectivity index (χ4n) is 4.33. The molecule has 0 radical (unpaired) electrons. The maximum atomic E-state index is 13.7. The Bertz CT molecular complexity index is 1340. The van der Waals surface area contributed by atoms with Crippen molar-refractivity contribution in [2.24, 2.45) is 0 Å². The first kappa shape index (κ1) is 22.4. The molecule has 2 aromatic carbocycles. The number of pyridine rings is 1. The summed E-state index contributed by atoms with van der Waals surface area (Å²) in [6.07, 6.45) is 5.18. The molecule has 2 aliphatic heterocycles. The lowest BCUT2D eigenvalue weighted by atomic mass is 10.0. The van der Waals surface area contributed by atoms with Gasteiger partial charge in [0.15, 0.2) is 0 Å². The minimum absolute atomic E-state index is 0.180. The minimum Gasteiger partial charge on any atom is -0.355 e. The number of amides is 4. The topological polar surface area (TPSA) is 82.6 Å². The van der Waals surface area contributed by atoms with E-state index in [2.05, 4.69) is 10.3 Å². The van der Waals surface area contributed by atoms with Crippen molar-refractivity contribution in [2.45, 2.75) is 18.2 Å². The zero-order valence-electron chi connectivity index (χ0n) is 18.3. The second kappa shape index (κ2) is 9.12. The Morgan fingerprint density at radius 2 is 1.88 bits per heavy atom. The molecule has 3 aromatic rings. The summed E-state index contributed by atoms with van der Waals surface area (Å²) in [5, 5.41) is 4.38. The van der Waals surface area contributed by atoms with Crippen molar-refractivity contribution in [2.75, 3.05) is 18.0 Å². The summed E-state index contributed by atoms with van der Waals surface area (Å²) in [5.41, 5.74) is 1.27. The average Bonchev–Trinajstić information content (AvgIpc) is 3.27. The van der Waals surface area contributed by atoms with Crippen molar-refractivity contribution in [3.8, 4) is 0 Å². The van der Waals surface area contributed by atoms with Crippen molar-refractivity contribution in [3.05, 3.63) is 77.6 Å². The predicted octanol–water partition coefficient (Wildman–Crippen LogP) is 4.32. The number of imide groups is 1. The molecule has 9 heteroatoms. The van der Waals surface area contributed by atoms with Crippen LogP contribution in [0.4, 0.5) is 10.5 Å². The van der Waals surface area contributed by atoms with E-state index >= 15 is 0 Å². The number of nitrogens with zero attached hydrogens (tertiary/aromatic N) is 3. The van der Waals surface area contributed by atoms with E-state index in [0.717, 1.165) is 21.2 Å². The summed E-state index contributed by atoms with van der Waals surface area (Å²) in [4.78, 5) is 46.9. The molecule has 3 heterocycles. The third-order valence-corrected chi connectivity index (χ3v) is 7.57. The molecule has 1 fully saturated rings. The summed E-state index contributed by atoms with van der Waals surface area (Å²) in [7, 11) is 0. The zero-order chi connectivity index (χ0) is 23.8. The average molecular weight is 493 g/mol. The van der Waals surface area contributed by atoms with Crippen molar-refractivity contribution in [1.29, 1.82) is 0 Å². The monoisotopic (exact) mass is 492 g/mol. The van der Waals surface area contributed by atoms with Crippen molar-refractivity contribution >= 4 is 62.6 Å². The van der Waals surface area contributed by atoms with Crippen LogP contribution in [-0.4, -0.2) is 52.1 Å². The Kier molecular flexibility index (Phi) is 6.02. The highest BCUT2D eigenvalue weighted by atomic mass is 35.5. The summed E-state index contributed by atoms with van der Waals surface area (Å²) in [6.45, 7) is 1.97. The largest absolute Gasteiger partial charge is 0.355 e. The SMILES string of the molecule is CC(=O)NCCN1C(=O)N(c2cncc3ccccc23)C(=O)C2SC(c3ccccc3Cl)=CC21. The molecule has 5 rings (SSSR count). The number of anilines is 1. The molecule has 2 aliphatic rings. The standard InChI is InChI=1S/C25H21ClN4O3S/c1-15(31)28-10-11-29-20-12-22(18-8-4-5-9-19(18)26)34-23(20)24(32)30(25(29)33)21-14-27-13-16-6-2-3-7-17(16)21/h2-9,12-14,20,23H,10-11H2,1H3,(H,28,31). The Morgan fingerprint density at radius 3 is 2.68 bits per heavy atom. The minimum atomic E-state index is -0.541. The molecule has 2 unspecified atom stereocenters. The summed E-state index contributed by atoms with van der Waals surface area (Å²) < 4.78 is 0. The Balaban J connectivity index is 1.56. The van der Waals surface area contributed by atoms with Gasteiger partial charge < -0.3 is 10.2 Å². The first-order valence-electron chi connectivity index (χ1n) is 10.8. The highest BCUT2D eigenvalue weighted by Gasteiger charge is 2.50. The van der Waals surface area contributed by atoms with Gasteiger partial charge in [0.2, 0.25) is 5.91 Å². The van der Waals surface area contributed by atoms with Crippen LogP contribution in [0.25, 0.3) is 15.7 Å². The molecule has 34 heavy (non-hydrogen) atoms. The second-order valence-electron chi connectivity index (χ2n) is 8.05. The van der Waals surface area contributed by atoms with Gasteiger partial charge >= 0.3 is 6.03 Å². The molecule has 1 N–H and O–H groups in total. The number of carbonyl (C=O) groups excluding carboxylic acids is 3. The van der Waals surface area contributed by atoms with Crippen molar-refractivity contribution in [1.82, 2.24) is 15.2 Å². The number of carbonyl (C=O) groups is 3. The van der Waals surface area contributed by atoms with Crippen LogP contribution in [0.2, 0.25) is 5.02 Å². The van der Waals surface area contributed by atoms with Gasteiger partial charge in [0.25, 0.3) is 5.91 Å². The molecule has 1 saturated heterocycles. The van der Waals surface area contributed by atoms with E-state index in [1.54, 1.807) is 23.4 Å². The number of halogens is 1. The summed E-state index contributed by atoms with van der Waals surface area (Å²) >= 11 is 7.83. The first-order valence-corrected chi connectivity index (χ1v) is 12.1. The van der Waals surface area contributed by atoms with Gasteiger partial charge in [-0.25, -0.2) is 9.69 Å². The fourth-order valence-corrected chi connectivity index (χ4v) is 5.99. The van der Waals surface area contributed by atoms with Gasteiger partial charge in [-0.1, -0.05) is 54.1 Å². The van der Waals surface area contributed by atoms with E-state index in [-0.39, 0.29) is 24.9 Å². The third kappa shape index (κ3) is 3.93. The lowest BCUT2D eigenvalue weighted by molar-refractivity contribution is -0.120. The smallest absolute Gasteiger partial charge is 0.332 e. The number of hydrogen-bond donors (Lipinski definition) is 1. The number of nitrogens with one attached hydrogen (secondary N) is 1. The van der Waals surface area contributed by atoms with Crippen LogP contribution >= 0.6 is 23.4 Å². The molecular weight excluding hydrogens is 472 g/mol. The third-order valence-electron chi connectivity index (χ3n) is 5.90. The molecule has 0 aliphatic carbocycles. The lowest BCUT2D eigenvalue weighted by Gasteiger charge is -2.41. The summed E-state index contributed by atoms with van der Waals surface area (Å²) in [6, 6.07) is 14.1. The van der Waals surface area contributed by atoms with E-state index < -0.39 is 17.3 Å². The number of urea groups is 1. The molecule has 4 amide bonds. The van der Waals surface area contributed by atoms with Gasteiger partial charge in [-0.3, -0.25) is 14.6 Å². The second-order valence-corrected chi connectivity index (χ2v) is 9.64. The van der Waals surface area contributed by atoms with E-state index in [4.69, 9.17) is 11.6 Å². The number of rotatable bonds is 5. The molecule has 0 bridgehead atoms. The number of thioether (sulfide) groups is 1. The number of fused-ring (bicyclic) bond motifs is 2. The summed E-state index contributed by atoms with van der Waals surface area (Å²) in [5.74, 6) is -0.479. The highest BCUT2D eigenvalue weighted by molar-refractivity contribution is 8.09. The highest BCUT2D eigenvalue weighted by Crippen LogP contribution is 2.46. The molecule has 0 saturated carbocycles. The Labute approximate surface area is 205 Å². The van der Waals surface area contributed by atoms with E-state index in [1.807, 2.05) is 48.5 Å². The van der Waals surface area contributed by atoms with E-state index in [0.29, 0.717) is 10.7 Å². The normalized spacial score (nSPS) is 19.9. The quantitative estimate of drug-likeness (QED) is 0.573. The number of aromatic nitrogens is 1. The van der Waals surface area contributed by atoms with Gasteiger partial charge in [-0.2, -0.15) is 0 Å². The number of hydrogen-bond acceptors (Lipinski definition) is 5. The fraction of sp³-hybridized carbons (Fsp3) is 0.200. The maximum absolute atomic E-state index is 13.7. The molecule has 7 nitrogen and oxygen atoms in total. The maximum Gasteiger partial charge on any atom is 0.332 e. The molecular formula is C25H21ClN4O3S. The van der Waals surface area contributed by atoms with Crippen molar-refractivity contribution < 1.29 is 14.4 Å². The Morgan fingerprint density at radius 1 is 1.12 bits per heavy atom. The van der Waals surface area contributed by atoms with E-state index in [9.17, 15) is 14.4 Å². The van der Waals surface area contributed by atoms with Gasteiger partial charge in [-0.15, -0.1) is 11.8 Å².